The van der Waals surface area contributed by atoms with Gasteiger partial charge in [-0.3, -0.25) is 9.58 Å². The van der Waals surface area contributed by atoms with Crippen molar-refractivity contribution >= 4 is 11.6 Å². The predicted octanol–water partition coefficient (Wildman–Crippen LogP) is 4.63. The smallest absolute Gasteiger partial charge is 0.165 e. The quantitative estimate of drug-likeness (QED) is 0.697. The number of fused-ring (bicyclic) bond motifs is 1. The Balaban J connectivity index is 1.63. The lowest BCUT2D eigenvalue weighted by Gasteiger charge is -2.19. The molecule has 28 heavy (non-hydrogen) atoms. The first-order valence-corrected chi connectivity index (χ1v) is 9.91. The molecule has 146 valence electrons. The number of halogens is 1. The highest BCUT2D eigenvalue weighted by molar-refractivity contribution is 6.30. The lowest BCUT2D eigenvalue weighted by molar-refractivity contribution is 0.217. The summed E-state index contributed by atoms with van der Waals surface area (Å²) in [4.78, 5) is 2.33. The summed E-state index contributed by atoms with van der Waals surface area (Å²) >= 11 is 6.14. The summed E-state index contributed by atoms with van der Waals surface area (Å²) in [6.07, 6.45) is 2.11. The van der Waals surface area contributed by atoms with E-state index in [1.54, 1.807) is 6.07 Å². The van der Waals surface area contributed by atoms with E-state index in [4.69, 9.17) is 16.3 Å². The maximum atomic E-state index is 10.6. The molecule has 0 spiro atoms. The van der Waals surface area contributed by atoms with E-state index in [0.717, 1.165) is 42.0 Å². The molecule has 3 aromatic rings. The Hall–Kier alpha value is -2.50. The molecule has 0 unspecified atom stereocenters. The van der Waals surface area contributed by atoms with Crippen LogP contribution in [0.25, 0.3) is 11.1 Å². The zero-order valence-corrected chi connectivity index (χ0v) is 16.9. The van der Waals surface area contributed by atoms with Crippen LogP contribution < -0.4 is 4.74 Å². The van der Waals surface area contributed by atoms with Gasteiger partial charge >= 0.3 is 0 Å². The third-order valence-electron chi connectivity index (χ3n) is 5.12. The van der Waals surface area contributed by atoms with Gasteiger partial charge in [-0.05, 0) is 49.2 Å². The highest BCUT2D eigenvalue weighted by atomic mass is 35.5. The number of aryl methyl sites for hydroxylation is 2. The van der Waals surface area contributed by atoms with Gasteiger partial charge in [0.05, 0.1) is 5.69 Å². The number of phenols is 1. The second-order valence-electron chi connectivity index (χ2n) is 7.15. The van der Waals surface area contributed by atoms with E-state index in [1.807, 2.05) is 35.9 Å². The van der Waals surface area contributed by atoms with Gasteiger partial charge in [-0.1, -0.05) is 23.7 Å². The molecule has 1 aliphatic rings. The standard InChI is InChI=1S/C22H24ClN3O2/c1-3-26-14-19(15(2)24-26)13-25-7-8-28-22-18(12-25)9-17(11-21(22)27)16-5-4-6-20(23)10-16/h4-6,9-11,14,27H,3,7-8,12-13H2,1-2H3. The van der Waals surface area contributed by atoms with Crippen LogP contribution in [0.4, 0.5) is 0 Å². The fourth-order valence-electron chi connectivity index (χ4n) is 3.64. The fraction of sp³-hybridized carbons (Fsp3) is 0.318. The van der Waals surface area contributed by atoms with Crippen LogP contribution >= 0.6 is 11.6 Å². The predicted molar refractivity (Wildman–Crippen MR) is 111 cm³/mol. The molecular formula is C22H24ClN3O2. The third-order valence-corrected chi connectivity index (χ3v) is 5.35. The number of ether oxygens (including phenoxy) is 1. The summed E-state index contributed by atoms with van der Waals surface area (Å²) < 4.78 is 7.85. The molecule has 0 bridgehead atoms. The molecule has 0 radical (unpaired) electrons. The summed E-state index contributed by atoms with van der Waals surface area (Å²) in [7, 11) is 0. The Morgan fingerprint density at radius 3 is 2.82 bits per heavy atom. The molecule has 0 saturated carbocycles. The van der Waals surface area contributed by atoms with E-state index in [-0.39, 0.29) is 5.75 Å². The molecule has 0 fully saturated rings. The molecule has 5 nitrogen and oxygen atoms in total. The fourth-order valence-corrected chi connectivity index (χ4v) is 3.83. The van der Waals surface area contributed by atoms with Crippen molar-refractivity contribution in [1.82, 2.24) is 14.7 Å². The van der Waals surface area contributed by atoms with Crippen LogP contribution in [0.1, 0.15) is 23.7 Å². The Kier molecular flexibility index (Phi) is 5.29. The average Bonchev–Trinajstić information content (AvgIpc) is 2.89. The second kappa shape index (κ2) is 7.86. The van der Waals surface area contributed by atoms with Crippen molar-refractivity contribution in [3.05, 3.63) is 64.4 Å². The van der Waals surface area contributed by atoms with Crippen LogP contribution in [0.2, 0.25) is 5.02 Å². The Morgan fingerprint density at radius 2 is 2.07 bits per heavy atom. The molecule has 0 aliphatic carbocycles. The number of benzene rings is 2. The lowest BCUT2D eigenvalue weighted by atomic mass is 10.0. The zero-order chi connectivity index (χ0) is 19.7. The normalized spacial score (nSPS) is 14.4. The molecule has 2 heterocycles. The molecule has 0 saturated heterocycles. The first-order chi connectivity index (χ1) is 13.5. The van der Waals surface area contributed by atoms with Crippen molar-refractivity contribution in [1.29, 1.82) is 0 Å². The largest absolute Gasteiger partial charge is 0.504 e. The number of phenolic OH excluding ortho intramolecular Hbond substituents is 1. The number of hydrogen-bond donors (Lipinski definition) is 1. The van der Waals surface area contributed by atoms with Gasteiger partial charge in [0.25, 0.3) is 0 Å². The first-order valence-electron chi connectivity index (χ1n) is 9.53. The van der Waals surface area contributed by atoms with Gasteiger partial charge in [0.1, 0.15) is 6.61 Å². The number of aromatic nitrogens is 2. The third kappa shape index (κ3) is 3.86. The Labute approximate surface area is 170 Å². The molecule has 1 aliphatic heterocycles. The van der Waals surface area contributed by atoms with E-state index in [2.05, 4.69) is 29.2 Å². The van der Waals surface area contributed by atoms with Crippen molar-refractivity contribution in [2.45, 2.75) is 33.5 Å². The SMILES string of the molecule is CCn1cc(CN2CCOc3c(O)cc(-c4cccc(Cl)c4)cc3C2)c(C)n1. The van der Waals surface area contributed by atoms with Crippen molar-refractivity contribution in [3.8, 4) is 22.6 Å². The van der Waals surface area contributed by atoms with Gasteiger partial charge < -0.3 is 9.84 Å². The minimum Gasteiger partial charge on any atom is -0.504 e. The zero-order valence-electron chi connectivity index (χ0n) is 16.2. The second-order valence-corrected chi connectivity index (χ2v) is 7.58. The Morgan fingerprint density at radius 1 is 1.21 bits per heavy atom. The Bertz CT molecular complexity index is 999. The van der Waals surface area contributed by atoms with Crippen LogP contribution in [0, 0.1) is 6.92 Å². The number of rotatable bonds is 4. The summed E-state index contributed by atoms with van der Waals surface area (Å²) in [6.45, 7) is 7.84. The summed E-state index contributed by atoms with van der Waals surface area (Å²) in [5, 5.41) is 15.8. The van der Waals surface area contributed by atoms with Crippen LogP contribution in [0.3, 0.4) is 0 Å². The topological polar surface area (TPSA) is 50.5 Å². The lowest BCUT2D eigenvalue weighted by Crippen LogP contribution is -2.25. The molecule has 0 atom stereocenters. The van der Waals surface area contributed by atoms with E-state index in [9.17, 15) is 5.11 Å². The minimum atomic E-state index is 0.171. The van der Waals surface area contributed by atoms with Gasteiger partial charge in [-0.25, -0.2) is 0 Å². The number of aromatic hydroxyl groups is 1. The maximum Gasteiger partial charge on any atom is 0.165 e. The average molecular weight is 398 g/mol. The van der Waals surface area contributed by atoms with Gasteiger partial charge in [-0.15, -0.1) is 0 Å². The minimum absolute atomic E-state index is 0.171. The molecule has 0 amide bonds. The molecule has 6 heteroatoms. The number of nitrogens with zero attached hydrogens (tertiary/aromatic N) is 3. The monoisotopic (exact) mass is 397 g/mol. The van der Waals surface area contributed by atoms with Crippen molar-refractivity contribution < 1.29 is 9.84 Å². The highest BCUT2D eigenvalue weighted by Gasteiger charge is 2.21. The molecule has 1 N–H and O–H groups in total. The van der Waals surface area contributed by atoms with Gasteiger partial charge in [0.15, 0.2) is 11.5 Å². The first kappa shape index (κ1) is 18.8. The summed E-state index contributed by atoms with van der Waals surface area (Å²) in [5.74, 6) is 0.749. The van der Waals surface area contributed by atoms with Crippen LogP contribution in [-0.4, -0.2) is 32.9 Å². The van der Waals surface area contributed by atoms with Crippen molar-refractivity contribution in [2.24, 2.45) is 0 Å². The van der Waals surface area contributed by atoms with Crippen LogP contribution in [-0.2, 0) is 19.6 Å². The van der Waals surface area contributed by atoms with Gasteiger partial charge in [0.2, 0.25) is 0 Å². The maximum absolute atomic E-state index is 10.6. The van der Waals surface area contributed by atoms with Crippen molar-refractivity contribution in [2.75, 3.05) is 13.2 Å². The van der Waals surface area contributed by atoms with E-state index < -0.39 is 0 Å². The van der Waals surface area contributed by atoms with E-state index >= 15 is 0 Å². The van der Waals surface area contributed by atoms with Crippen molar-refractivity contribution in [3.63, 3.8) is 0 Å². The van der Waals surface area contributed by atoms with E-state index in [0.29, 0.717) is 23.9 Å². The van der Waals surface area contributed by atoms with Gasteiger partial charge in [0, 0.05) is 48.5 Å². The van der Waals surface area contributed by atoms with Gasteiger partial charge in [-0.2, -0.15) is 5.10 Å². The van der Waals surface area contributed by atoms with Crippen LogP contribution in [0.5, 0.6) is 11.5 Å². The molecule has 1 aromatic heterocycles. The highest BCUT2D eigenvalue weighted by Crippen LogP contribution is 2.38. The molecule has 4 rings (SSSR count). The van der Waals surface area contributed by atoms with Crippen LogP contribution in [0.15, 0.2) is 42.6 Å². The molecular weight excluding hydrogens is 374 g/mol. The number of hydrogen-bond acceptors (Lipinski definition) is 4. The summed E-state index contributed by atoms with van der Waals surface area (Å²) in [6, 6.07) is 11.5. The summed E-state index contributed by atoms with van der Waals surface area (Å²) in [5.41, 5.74) is 5.16. The van der Waals surface area contributed by atoms with E-state index in [1.165, 1.54) is 5.56 Å². The molecule has 2 aromatic carbocycles.